The average molecular weight is 353 g/mol. The maximum Gasteiger partial charge on any atom is 0.140 e. The molecule has 0 spiro atoms. The van der Waals surface area contributed by atoms with Gasteiger partial charge in [0.05, 0.1) is 17.7 Å². The van der Waals surface area contributed by atoms with Gasteiger partial charge in [0.15, 0.2) is 0 Å². The van der Waals surface area contributed by atoms with Crippen LogP contribution in [0.25, 0.3) is 11.1 Å². The molecule has 0 saturated heterocycles. The topological polar surface area (TPSA) is 45.9 Å². The minimum Gasteiger partial charge on any atom is -0.496 e. The highest BCUT2D eigenvalue weighted by molar-refractivity contribution is 6.31. The number of rotatable bonds is 4. The van der Waals surface area contributed by atoms with E-state index in [2.05, 4.69) is 4.98 Å². The third kappa shape index (κ3) is 3.47. The lowest BCUT2D eigenvalue weighted by atomic mass is 9.97. The number of pyridine rings is 1. The van der Waals surface area contributed by atoms with Crippen LogP contribution in [0.3, 0.4) is 0 Å². The second kappa shape index (κ2) is 7.33. The van der Waals surface area contributed by atoms with Gasteiger partial charge in [0.25, 0.3) is 0 Å². The Morgan fingerprint density at radius 1 is 1.20 bits per heavy atom. The first-order valence-corrected chi connectivity index (χ1v) is 7.97. The van der Waals surface area contributed by atoms with E-state index >= 15 is 4.39 Å². The molecule has 3 aromatic rings. The third-order valence-electron chi connectivity index (χ3n) is 3.88. The van der Waals surface area contributed by atoms with Crippen molar-refractivity contribution in [2.24, 2.45) is 0 Å². The van der Waals surface area contributed by atoms with E-state index in [4.69, 9.17) is 21.6 Å². The molecule has 0 radical (unpaired) electrons. The average Bonchev–Trinajstić information content (AvgIpc) is 2.65. The Bertz CT molecular complexity index is 935. The largest absolute Gasteiger partial charge is 0.496 e. The molecule has 0 N–H and O–H groups in total. The van der Waals surface area contributed by atoms with Crippen molar-refractivity contribution in [1.29, 1.82) is 5.26 Å². The number of hydrogen-bond acceptors (Lipinski definition) is 3. The molecular formula is C20H14ClFN2O. The smallest absolute Gasteiger partial charge is 0.140 e. The summed E-state index contributed by atoms with van der Waals surface area (Å²) in [6.07, 6.45) is 1.83. The van der Waals surface area contributed by atoms with Gasteiger partial charge in [0, 0.05) is 18.2 Å². The van der Waals surface area contributed by atoms with Crippen LogP contribution in [0.1, 0.15) is 16.8 Å². The van der Waals surface area contributed by atoms with E-state index in [1.807, 2.05) is 36.4 Å². The summed E-state index contributed by atoms with van der Waals surface area (Å²) in [7, 11) is 1.49. The number of ether oxygens (including phenoxy) is 1. The van der Waals surface area contributed by atoms with Crippen molar-refractivity contribution in [3.8, 4) is 22.9 Å². The summed E-state index contributed by atoms with van der Waals surface area (Å²) in [6.45, 7) is 0. The third-order valence-corrected chi connectivity index (χ3v) is 4.22. The quantitative estimate of drug-likeness (QED) is 0.662. The van der Waals surface area contributed by atoms with Gasteiger partial charge in [0.1, 0.15) is 23.3 Å². The zero-order valence-corrected chi connectivity index (χ0v) is 14.2. The molecule has 0 fully saturated rings. The first kappa shape index (κ1) is 16.9. The molecular weight excluding hydrogens is 339 g/mol. The number of halogens is 2. The number of aromatic nitrogens is 1. The fourth-order valence-electron chi connectivity index (χ4n) is 2.63. The molecule has 0 atom stereocenters. The van der Waals surface area contributed by atoms with Crippen LogP contribution in [0, 0.1) is 17.1 Å². The first-order chi connectivity index (χ1) is 12.1. The van der Waals surface area contributed by atoms with Crippen LogP contribution >= 0.6 is 11.6 Å². The second-order valence-corrected chi connectivity index (χ2v) is 5.84. The Morgan fingerprint density at radius 2 is 1.96 bits per heavy atom. The van der Waals surface area contributed by atoms with E-state index in [1.165, 1.54) is 7.11 Å². The maximum absolute atomic E-state index is 15.3. The predicted molar refractivity (Wildman–Crippen MR) is 95.2 cm³/mol. The zero-order valence-electron chi connectivity index (χ0n) is 13.5. The van der Waals surface area contributed by atoms with Crippen molar-refractivity contribution in [2.75, 3.05) is 7.11 Å². The Morgan fingerprint density at radius 3 is 2.56 bits per heavy atom. The summed E-state index contributed by atoms with van der Waals surface area (Å²) in [6, 6.07) is 16.1. The van der Waals surface area contributed by atoms with E-state index in [0.29, 0.717) is 33.2 Å². The summed E-state index contributed by atoms with van der Waals surface area (Å²) < 4.78 is 20.6. The Kier molecular flexibility index (Phi) is 4.97. The lowest BCUT2D eigenvalue weighted by Crippen LogP contribution is -2.01. The minimum absolute atomic E-state index is 0.271. The van der Waals surface area contributed by atoms with Gasteiger partial charge < -0.3 is 4.74 Å². The minimum atomic E-state index is -0.417. The standard InChI is InChI=1S/C20H14ClFN2O/c1-25-18-10-17(21)16(9-13-7-8-15(11-23)24-12-13)20(22)19(18)14-5-3-2-4-6-14/h2-8,10,12H,9H2,1H3. The fraction of sp³-hybridized carbons (Fsp3) is 0.100. The molecule has 2 aromatic carbocycles. The normalized spacial score (nSPS) is 10.3. The molecule has 0 aliphatic rings. The van der Waals surface area contributed by atoms with Gasteiger partial charge >= 0.3 is 0 Å². The molecule has 124 valence electrons. The molecule has 3 nitrogen and oxygen atoms in total. The summed E-state index contributed by atoms with van der Waals surface area (Å²) in [5.41, 5.74) is 2.55. The van der Waals surface area contributed by atoms with Crippen LogP contribution < -0.4 is 4.74 Å². The van der Waals surface area contributed by atoms with E-state index in [9.17, 15) is 0 Å². The summed E-state index contributed by atoms with van der Waals surface area (Å²) >= 11 is 6.29. The predicted octanol–water partition coefficient (Wildman–Crippen LogP) is 5.01. The van der Waals surface area contributed by atoms with E-state index < -0.39 is 5.82 Å². The van der Waals surface area contributed by atoms with Gasteiger partial charge in [0.2, 0.25) is 0 Å². The maximum atomic E-state index is 15.3. The number of methoxy groups -OCH3 is 1. The Balaban J connectivity index is 2.09. The molecule has 25 heavy (non-hydrogen) atoms. The van der Waals surface area contributed by atoms with Crippen molar-refractivity contribution in [3.05, 3.63) is 82.4 Å². The van der Waals surface area contributed by atoms with E-state index in [0.717, 1.165) is 5.56 Å². The lowest BCUT2D eigenvalue weighted by molar-refractivity contribution is 0.413. The lowest BCUT2D eigenvalue weighted by Gasteiger charge is -2.15. The highest BCUT2D eigenvalue weighted by atomic mass is 35.5. The Hall–Kier alpha value is -2.90. The highest BCUT2D eigenvalue weighted by Gasteiger charge is 2.20. The van der Waals surface area contributed by atoms with Crippen LogP contribution in [-0.4, -0.2) is 12.1 Å². The molecule has 0 unspecified atom stereocenters. The first-order valence-electron chi connectivity index (χ1n) is 7.59. The van der Waals surface area contributed by atoms with Gasteiger partial charge in [-0.3, -0.25) is 0 Å². The molecule has 0 aliphatic heterocycles. The molecule has 5 heteroatoms. The molecule has 1 aromatic heterocycles. The van der Waals surface area contributed by atoms with Gasteiger partial charge in [-0.05, 0) is 23.3 Å². The molecule has 3 rings (SSSR count). The molecule has 1 heterocycles. The number of nitriles is 1. The van der Waals surface area contributed by atoms with Crippen LogP contribution in [-0.2, 0) is 6.42 Å². The Labute approximate surface area is 150 Å². The van der Waals surface area contributed by atoms with Gasteiger partial charge in [-0.15, -0.1) is 0 Å². The molecule has 0 aliphatic carbocycles. The van der Waals surface area contributed by atoms with Crippen LogP contribution in [0.4, 0.5) is 4.39 Å². The highest BCUT2D eigenvalue weighted by Crippen LogP contribution is 2.38. The van der Waals surface area contributed by atoms with Crippen LogP contribution in [0.5, 0.6) is 5.75 Å². The van der Waals surface area contributed by atoms with Crippen molar-refractivity contribution in [1.82, 2.24) is 4.98 Å². The molecule has 0 saturated carbocycles. The van der Waals surface area contributed by atoms with Gasteiger partial charge in [-0.1, -0.05) is 48.0 Å². The van der Waals surface area contributed by atoms with Gasteiger partial charge in [-0.25, -0.2) is 9.37 Å². The number of hydrogen-bond donors (Lipinski definition) is 0. The van der Waals surface area contributed by atoms with Crippen molar-refractivity contribution in [2.45, 2.75) is 6.42 Å². The summed E-state index contributed by atoms with van der Waals surface area (Å²) in [5.74, 6) is -0.0321. The summed E-state index contributed by atoms with van der Waals surface area (Å²) in [5, 5.41) is 9.11. The molecule has 0 bridgehead atoms. The number of nitrogens with zero attached hydrogens (tertiary/aromatic N) is 2. The van der Waals surface area contributed by atoms with Crippen molar-refractivity contribution in [3.63, 3.8) is 0 Å². The van der Waals surface area contributed by atoms with Crippen LogP contribution in [0.15, 0.2) is 54.7 Å². The SMILES string of the molecule is COc1cc(Cl)c(Cc2ccc(C#N)nc2)c(F)c1-c1ccccc1. The zero-order chi connectivity index (χ0) is 17.8. The molecule has 0 amide bonds. The second-order valence-electron chi connectivity index (χ2n) is 5.43. The van der Waals surface area contributed by atoms with Crippen LogP contribution in [0.2, 0.25) is 5.02 Å². The fourth-order valence-corrected chi connectivity index (χ4v) is 2.88. The monoisotopic (exact) mass is 352 g/mol. The number of benzene rings is 2. The van der Waals surface area contributed by atoms with Gasteiger partial charge in [-0.2, -0.15) is 5.26 Å². The van der Waals surface area contributed by atoms with Crippen molar-refractivity contribution < 1.29 is 9.13 Å². The van der Waals surface area contributed by atoms with E-state index in [-0.39, 0.29) is 6.42 Å². The van der Waals surface area contributed by atoms with Crippen molar-refractivity contribution >= 4 is 11.6 Å². The van der Waals surface area contributed by atoms with E-state index in [1.54, 1.807) is 24.4 Å². The summed E-state index contributed by atoms with van der Waals surface area (Å²) in [4.78, 5) is 4.02.